The molecule has 0 aliphatic heterocycles. The molecule has 1 aromatic heterocycles. The van der Waals surface area contributed by atoms with Crippen molar-refractivity contribution < 1.29 is 35.7 Å². The maximum atomic E-state index is 10.7. The van der Waals surface area contributed by atoms with Crippen molar-refractivity contribution >= 4 is 0 Å². The Kier molecular flexibility index (Phi) is 4.73. The van der Waals surface area contributed by atoms with Gasteiger partial charge in [0, 0.05) is 0 Å². The molecule has 0 atom stereocenters. The Labute approximate surface area is 116 Å². The molecule has 16 heavy (non-hydrogen) atoms. The molecule has 78 valence electrons. The van der Waals surface area contributed by atoms with Crippen LogP contribution in [-0.4, -0.2) is 9.97 Å². The van der Waals surface area contributed by atoms with Gasteiger partial charge in [0.15, 0.2) is 5.75 Å². The molecule has 5 heteroatoms. The Hall–Kier alpha value is -1.10. The van der Waals surface area contributed by atoms with Gasteiger partial charge in [0.2, 0.25) is 0 Å². The second-order valence-electron chi connectivity index (χ2n) is 3.17. The molecule has 0 saturated heterocycles. The molecule has 1 aromatic carbocycles. The summed E-state index contributed by atoms with van der Waals surface area (Å²) in [6.07, 6.45) is 2.87. The maximum absolute atomic E-state index is 10.7. The molecule has 0 saturated carbocycles. The second-order valence-corrected chi connectivity index (χ2v) is 3.17. The number of aryl methyl sites for hydroxylation is 1. The van der Waals surface area contributed by atoms with Gasteiger partial charge in [0.25, 0.3) is 0 Å². The van der Waals surface area contributed by atoms with Crippen molar-refractivity contribution in [1.29, 1.82) is 0 Å². The Morgan fingerprint density at radius 3 is 2.81 bits per heavy atom. The quantitative estimate of drug-likeness (QED) is 0.667. The molecule has 0 bridgehead atoms. The zero-order valence-corrected chi connectivity index (χ0v) is 11.2. The van der Waals surface area contributed by atoms with Crippen molar-refractivity contribution in [3.8, 4) is 11.5 Å². The smallest absolute Gasteiger partial charge is 1.00 e. The predicted molar refractivity (Wildman–Crippen MR) is 57.2 cm³/mol. The number of aromatic amines is 1. The summed E-state index contributed by atoms with van der Waals surface area (Å²) in [4.78, 5) is 16.7. The Bertz CT molecular complexity index is 510. The summed E-state index contributed by atoms with van der Waals surface area (Å²) in [7, 11) is 0. The van der Waals surface area contributed by atoms with Gasteiger partial charge in [-0.1, -0.05) is 12.1 Å². The third-order valence-electron chi connectivity index (χ3n) is 1.87. The van der Waals surface area contributed by atoms with Crippen molar-refractivity contribution in [3.63, 3.8) is 0 Å². The number of rotatable bonds is 2. The minimum absolute atomic E-state index is 0. The predicted octanol–water partition coefficient (Wildman–Crippen LogP) is -1.01. The van der Waals surface area contributed by atoms with E-state index in [0.29, 0.717) is 5.75 Å². The third-order valence-corrected chi connectivity index (χ3v) is 1.87. The topological polar surface area (TPSA) is 55.0 Å². The van der Waals surface area contributed by atoms with Crippen molar-refractivity contribution in [1.82, 2.24) is 9.97 Å². The molecule has 0 amide bonds. The zero-order chi connectivity index (χ0) is 10.7. The summed E-state index contributed by atoms with van der Waals surface area (Å²) in [5.41, 5.74) is 0.733. The fourth-order valence-corrected chi connectivity index (χ4v) is 1.20. The molecule has 0 aliphatic carbocycles. The molecule has 4 nitrogen and oxygen atoms in total. The number of ether oxygens (including phenoxy) is 1. The molecule has 1 heterocycles. The number of benzene rings is 1. The number of H-pyrrole nitrogens is 1. The van der Waals surface area contributed by atoms with Crippen LogP contribution in [0.2, 0.25) is 0 Å². The standard InChI is InChI=1S/C11H10N2O2.Na.H/c1-8-3-2-4-9(5-8)15-10-6-12-11(14)13-7-10;;/h2-7H,1H3,(H,12,13,14);;/q;+1;-1. The van der Waals surface area contributed by atoms with E-state index in [4.69, 9.17) is 4.74 Å². The van der Waals surface area contributed by atoms with Crippen LogP contribution in [0.3, 0.4) is 0 Å². The summed E-state index contributed by atoms with van der Waals surface area (Å²) < 4.78 is 5.48. The number of aromatic nitrogens is 2. The van der Waals surface area contributed by atoms with Crippen LogP contribution in [0.5, 0.6) is 11.5 Å². The first kappa shape index (κ1) is 13.0. The fourth-order valence-electron chi connectivity index (χ4n) is 1.20. The maximum Gasteiger partial charge on any atom is 1.00 e. The molecule has 2 aromatic rings. The van der Waals surface area contributed by atoms with Gasteiger partial charge < -0.3 is 11.1 Å². The molecule has 0 fully saturated rings. The first-order chi connectivity index (χ1) is 7.24. The molecule has 0 radical (unpaired) electrons. The minimum atomic E-state index is -0.383. The van der Waals surface area contributed by atoms with Crippen LogP contribution >= 0.6 is 0 Å². The van der Waals surface area contributed by atoms with Gasteiger partial charge in [0.05, 0.1) is 12.4 Å². The van der Waals surface area contributed by atoms with Crippen LogP contribution < -0.4 is 40.0 Å². The van der Waals surface area contributed by atoms with Crippen molar-refractivity contribution in [2.24, 2.45) is 0 Å². The summed E-state index contributed by atoms with van der Waals surface area (Å²) >= 11 is 0. The number of nitrogens with one attached hydrogen (secondary N) is 1. The average molecular weight is 226 g/mol. The molecule has 0 unspecified atom stereocenters. The van der Waals surface area contributed by atoms with Gasteiger partial charge in [0.1, 0.15) is 5.75 Å². The first-order valence-electron chi connectivity index (χ1n) is 4.53. The van der Waals surface area contributed by atoms with Crippen LogP contribution in [0, 0.1) is 6.92 Å². The van der Waals surface area contributed by atoms with E-state index in [2.05, 4.69) is 9.97 Å². The van der Waals surface area contributed by atoms with Crippen LogP contribution in [-0.2, 0) is 0 Å². The molecular weight excluding hydrogens is 215 g/mol. The summed E-state index contributed by atoms with van der Waals surface area (Å²) in [6.45, 7) is 1.98. The van der Waals surface area contributed by atoms with Gasteiger partial charge in [-0.3, -0.25) is 0 Å². The van der Waals surface area contributed by atoms with E-state index in [1.54, 1.807) is 0 Å². The van der Waals surface area contributed by atoms with E-state index in [0.717, 1.165) is 11.3 Å². The summed E-state index contributed by atoms with van der Waals surface area (Å²) in [5.74, 6) is 1.24. The van der Waals surface area contributed by atoms with Crippen molar-refractivity contribution in [3.05, 3.63) is 52.7 Å². The SMILES string of the molecule is Cc1cccc(Oc2cnc(=O)[nH]c2)c1.[H-].[Na+]. The molecule has 1 N–H and O–H groups in total. The fraction of sp³-hybridized carbons (Fsp3) is 0.0909. The van der Waals surface area contributed by atoms with Gasteiger partial charge in [-0.2, -0.15) is 4.98 Å². The van der Waals surface area contributed by atoms with E-state index in [9.17, 15) is 4.79 Å². The van der Waals surface area contributed by atoms with E-state index in [-0.39, 0.29) is 36.7 Å². The Balaban J connectivity index is 0.00000128. The van der Waals surface area contributed by atoms with Crippen LogP contribution in [0.15, 0.2) is 41.5 Å². The monoisotopic (exact) mass is 226 g/mol. The Morgan fingerprint density at radius 2 is 2.19 bits per heavy atom. The zero-order valence-electron chi connectivity index (χ0n) is 10.2. The molecular formula is C11H11N2NaO2. The van der Waals surface area contributed by atoms with Crippen molar-refractivity contribution in [2.75, 3.05) is 0 Å². The van der Waals surface area contributed by atoms with Gasteiger partial charge in [-0.15, -0.1) is 0 Å². The largest absolute Gasteiger partial charge is 1.00 e. The molecule has 2 rings (SSSR count). The summed E-state index contributed by atoms with van der Waals surface area (Å²) in [6, 6.07) is 7.64. The number of hydrogen-bond donors (Lipinski definition) is 1. The van der Waals surface area contributed by atoms with Gasteiger partial charge in [-0.25, -0.2) is 4.79 Å². The molecule has 0 spiro atoms. The first-order valence-corrected chi connectivity index (χ1v) is 4.53. The minimum Gasteiger partial charge on any atom is -1.00 e. The normalized spacial score (nSPS) is 9.31. The number of hydrogen-bond acceptors (Lipinski definition) is 3. The Morgan fingerprint density at radius 1 is 1.38 bits per heavy atom. The van der Waals surface area contributed by atoms with Gasteiger partial charge in [-0.05, 0) is 24.6 Å². The van der Waals surface area contributed by atoms with Crippen molar-refractivity contribution in [2.45, 2.75) is 6.92 Å². The molecule has 0 aliphatic rings. The van der Waals surface area contributed by atoms with E-state index >= 15 is 0 Å². The van der Waals surface area contributed by atoms with E-state index in [1.165, 1.54) is 12.4 Å². The second kappa shape index (κ2) is 5.84. The van der Waals surface area contributed by atoms with Crippen LogP contribution in [0.1, 0.15) is 6.99 Å². The number of nitrogens with zero attached hydrogens (tertiary/aromatic N) is 1. The third kappa shape index (κ3) is 3.48. The van der Waals surface area contributed by atoms with Crippen LogP contribution in [0.4, 0.5) is 0 Å². The average Bonchev–Trinajstić information content (AvgIpc) is 2.22. The summed E-state index contributed by atoms with van der Waals surface area (Å²) in [5, 5.41) is 0. The van der Waals surface area contributed by atoms with Gasteiger partial charge >= 0.3 is 35.2 Å². The van der Waals surface area contributed by atoms with E-state index in [1.807, 2.05) is 31.2 Å². The van der Waals surface area contributed by atoms with E-state index < -0.39 is 0 Å². The van der Waals surface area contributed by atoms with Crippen LogP contribution in [0.25, 0.3) is 0 Å².